The van der Waals surface area contributed by atoms with Gasteiger partial charge >= 0.3 is 0 Å². The predicted molar refractivity (Wildman–Crippen MR) is 83.2 cm³/mol. The Hall–Kier alpha value is -1.66. The van der Waals surface area contributed by atoms with E-state index < -0.39 is 0 Å². The largest absolute Gasteiger partial charge is 0.383 e. The molecule has 22 heavy (non-hydrogen) atoms. The van der Waals surface area contributed by atoms with Gasteiger partial charge in [0.05, 0.1) is 24.3 Å². The van der Waals surface area contributed by atoms with Crippen molar-refractivity contribution >= 4 is 11.7 Å². The van der Waals surface area contributed by atoms with E-state index in [0.29, 0.717) is 18.7 Å². The van der Waals surface area contributed by atoms with Crippen molar-refractivity contribution < 1.29 is 14.3 Å². The van der Waals surface area contributed by atoms with E-state index in [9.17, 15) is 4.79 Å². The summed E-state index contributed by atoms with van der Waals surface area (Å²) in [6.45, 7) is 3.25. The Bertz CT molecular complexity index is 516. The summed E-state index contributed by atoms with van der Waals surface area (Å²) in [5.41, 5.74) is 0.627. The third kappa shape index (κ3) is 2.94. The maximum Gasteiger partial charge on any atom is 0.255 e. The molecule has 0 saturated carbocycles. The molecule has 1 amide bonds. The third-order valence-corrected chi connectivity index (χ3v) is 4.50. The monoisotopic (exact) mass is 305 g/mol. The molecule has 2 aliphatic rings. The number of nitrogens with zero attached hydrogens (tertiary/aromatic N) is 3. The molecular weight excluding hydrogens is 282 g/mol. The fraction of sp³-hybridized carbons (Fsp3) is 0.625. The van der Waals surface area contributed by atoms with Crippen LogP contribution in [-0.4, -0.2) is 68.4 Å². The Labute approximate surface area is 131 Å². The van der Waals surface area contributed by atoms with Gasteiger partial charge in [-0.05, 0) is 25.0 Å². The molecule has 6 nitrogen and oxygen atoms in total. The highest BCUT2D eigenvalue weighted by atomic mass is 16.5. The van der Waals surface area contributed by atoms with E-state index in [0.717, 1.165) is 25.3 Å². The first kappa shape index (κ1) is 15.2. The molecule has 2 aliphatic heterocycles. The topological polar surface area (TPSA) is 54.9 Å². The predicted octanol–water partition coefficient (Wildman–Crippen LogP) is 1.17. The van der Waals surface area contributed by atoms with Gasteiger partial charge in [-0.2, -0.15) is 0 Å². The summed E-state index contributed by atoms with van der Waals surface area (Å²) in [6.07, 6.45) is 3.79. The quantitative estimate of drug-likeness (QED) is 0.817. The average molecular weight is 305 g/mol. The van der Waals surface area contributed by atoms with E-state index >= 15 is 0 Å². The number of hydrogen-bond acceptors (Lipinski definition) is 5. The molecule has 2 saturated heterocycles. The van der Waals surface area contributed by atoms with Gasteiger partial charge in [0.1, 0.15) is 5.82 Å². The van der Waals surface area contributed by atoms with E-state index in [1.807, 2.05) is 17.0 Å². The highest BCUT2D eigenvalue weighted by Gasteiger charge is 2.35. The van der Waals surface area contributed by atoms with Gasteiger partial charge in [-0.1, -0.05) is 0 Å². The second-order valence-corrected chi connectivity index (χ2v) is 5.91. The number of hydrogen-bond donors (Lipinski definition) is 0. The van der Waals surface area contributed by atoms with E-state index in [-0.39, 0.29) is 18.1 Å². The highest BCUT2D eigenvalue weighted by Crippen LogP contribution is 2.24. The van der Waals surface area contributed by atoms with Gasteiger partial charge in [-0.15, -0.1) is 0 Å². The van der Waals surface area contributed by atoms with Crippen LogP contribution in [0.5, 0.6) is 0 Å². The molecule has 0 spiro atoms. The number of amides is 1. The Morgan fingerprint density at radius 1 is 1.36 bits per heavy atom. The lowest BCUT2D eigenvalue weighted by molar-refractivity contribution is 0.0612. The van der Waals surface area contributed by atoms with Crippen molar-refractivity contribution in [2.45, 2.75) is 25.0 Å². The molecule has 0 aromatic carbocycles. The first-order valence-electron chi connectivity index (χ1n) is 7.76. The van der Waals surface area contributed by atoms with Gasteiger partial charge in [0, 0.05) is 40.1 Å². The van der Waals surface area contributed by atoms with Crippen LogP contribution in [0.1, 0.15) is 23.2 Å². The number of carbonyl (C=O) groups is 1. The Morgan fingerprint density at radius 3 is 2.73 bits per heavy atom. The minimum absolute atomic E-state index is 0.00394. The Balaban J connectivity index is 1.71. The minimum Gasteiger partial charge on any atom is -0.383 e. The number of pyridine rings is 1. The van der Waals surface area contributed by atoms with E-state index in [1.165, 1.54) is 6.42 Å². The van der Waals surface area contributed by atoms with Gasteiger partial charge in [0.15, 0.2) is 0 Å². The van der Waals surface area contributed by atoms with Gasteiger partial charge in [-0.3, -0.25) is 4.79 Å². The number of carbonyl (C=O) groups excluding carboxylic acids is 1. The van der Waals surface area contributed by atoms with Crippen LogP contribution in [0.4, 0.5) is 5.82 Å². The van der Waals surface area contributed by atoms with Crippen LogP contribution in [-0.2, 0) is 9.47 Å². The molecule has 3 rings (SSSR count). The van der Waals surface area contributed by atoms with E-state index in [2.05, 4.69) is 9.88 Å². The molecule has 1 aromatic rings. The summed E-state index contributed by atoms with van der Waals surface area (Å²) in [7, 11) is 3.35. The van der Waals surface area contributed by atoms with Gasteiger partial charge < -0.3 is 19.3 Å². The van der Waals surface area contributed by atoms with Gasteiger partial charge in [0.25, 0.3) is 5.91 Å². The van der Waals surface area contributed by atoms with Crippen molar-refractivity contribution in [2.75, 3.05) is 45.4 Å². The van der Waals surface area contributed by atoms with Crippen molar-refractivity contribution in [3.8, 4) is 0 Å². The molecule has 1 aromatic heterocycles. The SMILES string of the molecule is COC[C@@H]1C[C@H](OC)CN1C(=O)c1ccc(N2CCC2)nc1. The number of ether oxygens (including phenoxy) is 2. The number of methoxy groups -OCH3 is 2. The average Bonchev–Trinajstić information content (AvgIpc) is 2.89. The maximum absolute atomic E-state index is 12.7. The Morgan fingerprint density at radius 2 is 2.18 bits per heavy atom. The zero-order chi connectivity index (χ0) is 15.5. The van der Waals surface area contributed by atoms with Gasteiger partial charge in [-0.25, -0.2) is 4.98 Å². The second-order valence-electron chi connectivity index (χ2n) is 5.91. The summed E-state index contributed by atoms with van der Waals surface area (Å²) < 4.78 is 10.6. The Kier molecular flexibility index (Phi) is 4.59. The fourth-order valence-electron chi connectivity index (χ4n) is 3.05. The fourth-order valence-corrected chi connectivity index (χ4v) is 3.05. The summed E-state index contributed by atoms with van der Waals surface area (Å²) in [6, 6.07) is 3.87. The van der Waals surface area contributed by atoms with Crippen LogP contribution in [0.25, 0.3) is 0 Å². The lowest BCUT2D eigenvalue weighted by atomic mass is 10.2. The normalized spacial score (nSPS) is 24.5. The summed E-state index contributed by atoms with van der Waals surface area (Å²) in [5.74, 6) is 0.955. The van der Waals surface area contributed by atoms with Gasteiger partial charge in [0.2, 0.25) is 0 Å². The molecule has 0 N–H and O–H groups in total. The number of rotatable bonds is 5. The van der Waals surface area contributed by atoms with Crippen LogP contribution in [0.15, 0.2) is 18.3 Å². The molecule has 2 fully saturated rings. The maximum atomic E-state index is 12.7. The van der Waals surface area contributed by atoms with Crippen molar-refractivity contribution in [1.29, 1.82) is 0 Å². The smallest absolute Gasteiger partial charge is 0.255 e. The highest BCUT2D eigenvalue weighted by molar-refractivity contribution is 5.94. The molecule has 2 atom stereocenters. The van der Waals surface area contributed by atoms with Crippen LogP contribution < -0.4 is 4.90 Å². The standard InChI is InChI=1S/C16H23N3O3/c1-21-11-13-8-14(22-2)10-19(13)16(20)12-4-5-15(17-9-12)18-6-3-7-18/h4-5,9,13-14H,3,6-8,10-11H2,1-2H3/t13-,14-/m0/s1. The minimum atomic E-state index is 0.00394. The molecule has 120 valence electrons. The number of aromatic nitrogens is 1. The van der Waals surface area contributed by atoms with Crippen molar-refractivity contribution in [2.24, 2.45) is 0 Å². The molecule has 0 bridgehead atoms. The molecule has 3 heterocycles. The zero-order valence-electron chi connectivity index (χ0n) is 13.2. The number of anilines is 1. The van der Waals surface area contributed by atoms with Crippen LogP contribution >= 0.6 is 0 Å². The van der Waals surface area contributed by atoms with Crippen LogP contribution in [0.2, 0.25) is 0 Å². The lowest BCUT2D eigenvalue weighted by Crippen LogP contribution is -2.39. The summed E-state index contributed by atoms with van der Waals surface area (Å²) in [4.78, 5) is 21.2. The second kappa shape index (κ2) is 6.62. The molecule has 6 heteroatoms. The van der Waals surface area contributed by atoms with E-state index in [1.54, 1.807) is 20.4 Å². The molecular formula is C16H23N3O3. The molecule has 0 radical (unpaired) electrons. The van der Waals surface area contributed by atoms with Crippen molar-refractivity contribution in [3.05, 3.63) is 23.9 Å². The summed E-state index contributed by atoms with van der Waals surface area (Å²) >= 11 is 0. The zero-order valence-corrected chi connectivity index (χ0v) is 13.2. The first-order chi connectivity index (χ1) is 10.7. The lowest BCUT2D eigenvalue weighted by Gasteiger charge is -2.32. The number of likely N-dealkylation sites (tertiary alicyclic amines) is 1. The van der Waals surface area contributed by atoms with Crippen molar-refractivity contribution in [1.82, 2.24) is 9.88 Å². The van der Waals surface area contributed by atoms with Crippen LogP contribution in [0.3, 0.4) is 0 Å². The molecule has 0 aliphatic carbocycles. The van der Waals surface area contributed by atoms with Crippen molar-refractivity contribution in [3.63, 3.8) is 0 Å². The summed E-state index contributed by atoms with van der Waals surface area (Å²) in [5, 5.41) is 0. The van der Waals surface area contributed by atoms with E-state index in [4.69, 9.17) is 9.47 Å². The first-order valence-corrected chi connectivity index (χ1v) is 7.76. The molecule has 0 unspecified atom stereocenters. The van der Waals surface area contributed by atoms with Crippen LogP contribution in [0, 0.1) is 0 Å². The third-order valence-electron chi connectivity index (χ3n) is 4.50.